The second-order valence-electron chi connectivity index (χ2n) is 6.15. The van der Waals surface area contributed by atoms with Gasteiger partial charge < -0.3 is 10.1 Å². The summed E-state index contributed by atoms with van der Waals surface area (Å²) in [5, 5.41) is 2.52. The molecule has 138 valence electrons. The van der Waals surface area contributed by atoms with Crippen LogP contribution >= 0.6 is 0 Å². The van der Waals surface area contributed by atoms with Gasteiger partial charge in [-0.2, -0.15) is 4.31 Å². The monoisotopic (exact) mass is 374 g/mol. The van der Waals surface area contributed by atoms with Gasteiger partial charge in [-0.1, -0.05) is 12.1 Å². The predicted octanol–water partition coefficient (Wildman–Crippen LogP) is 2.58. The Balaban J connectivity index is 1.88. The Bertz CT molecular complexity index is 877. The molecule has 1 amide bonds. The molecule has 0 aliphatic carbocycles. The van der Waals surface area contributed by atoms with E-state index in [0.717, 1.165) is 24.2 Å². The van der Waals surface area contributed by atoms with Crippen molar-refractivity contribution in [2.45, 2.75) is 23.8 Å². The van der Waals surface area contributed by atoms with E-state index in [1.807, 2.05) is 24.3 Å². The van der Waals surface area contributed by atoms with Crippen molar-refractivity contribution in [3.8, 4) is 5.75 Å². The molecule has 6 nitrogen and oxygen atoms in total. The summed E-state index contributed by atoms with van der Waals surface area (Å²) in [6.07, 6.45) is 1.59. The van der Waals surface area contributed by atoms with Crippen molar-refractivity contribution in [1.82, 2.24) is 9.62 Å². The van der Waals surface area contributed by atoms with Crippen molar-refractivity contribution in [1.29, 1.82) is 0 Å². The first-order valence-corrected chi connectivity index (χ1v) is 9.89. The number of amides is 1. The molecule has 0 aromatic heterocycles. The van der Waals surface area contributed by atoms with Crippen molar-refractivity contribution >= 4 is 15.9 Å². The van der Waals surface area contributed by atoms with Gasteiger partial charge in [-0.05, 0) is 54.8 Å². The number of nitrogens with one attached hydrogen (secondary N) is 1. The maximum atomic E-state index is 13.1. The molecule has 1 atom stereocenters. The van der Waals surface area contributed by atoms with E-state index in [9.17, 15) is 13.2 Å². The Kier molecular flexibility index (Phi) is 5.29. The molecule has 0 bridgehead atoms. The molecule has 1 aliphatic heterocycles. The van der Waals surface area contributed by atoms with E-state index in [1.165, 1.54) is 31.3 Å². The van der Waals surface area contributed by atoms with Gasteiger partial charge in [-0.15, -0.1) is 0 Å². The molecule has 1 heterocycles. The quantitative estimate of drug-likeness (QED) is 0.873. The van der Waals surface area contributed by atoms with E-state index in [4.69, 9.17) is 4.74 Å². The van der Waals surface area contributed by atoms with Crippen molar-refractivity contribution in [3.63, 3.8) is 0 Å². The molecule has 7 heteroatoms. The van der Waals surface area contributed by atoms with E-state index in [-0.39, 0.29) is 16.8 Å². The fraction of sp³-hybridized carbons (Fsp3) is 0.316. The van der Waals surface area contributed by atoms with Crippen LogP contribution in [-0.2, 0) is 10.0 Å². The molecular weight excluding hydrogens is 352 g/mol. The van der Waals surface area contributed by atoms with Gasteiger partial charge in [0.25, 0.3) is 5.91 Å². The molecule has 0 radical (unpaired) electrons. The third kappa shape index (κ3) is 3.45. The molecule has 0 saturated carbocycles. The van der Waals surface area contributed by atoms with Crippen molar-refractivity contribution in [3.05, 3.63) is 59.7 Å². The van der Waals surface area contributed by atoms with Gasteiger partial charge in [0.05, 0.1) is 18.0 Å². The Morgan fingerprint density at radius 2 is 1.77 bits per heavy atom. The fourth-order valence-corrected chi connectivity index (χ4v) is 4.93. The highest BCUT2D eigenvalue weighted by Gasteiger charge is 2.36. The van der Waals surface area contributed by atoms with Crippen molar-refractivity contribution < 1.29 is 17.9 Å². The summed E-state index contributed by atoms with van der Waals surface area (Å²) in [5.74, 6) is 0.497. The van der Waals surface area contributed by atoms with Crippen LogP contribution in [0.2, 0.25) is 0 Å². The Morgan fingerprint density at radius 3 is 2.35 bits per heavy atom. The zero-order valence-corrected chi connectivity index (χ0v) is 15.6. The molecule has 1 N–H and O–H groups in total. The number of carbonyl (C=O) groups excluding carboxylic acids is 1. The first-order chi connectivity index (χ1) is 12.5. The zero-order valence-electron chi connectivity index (χ0n) is 14.8. The van der Waals surface area contributed by atoms with Crippen molar-refractivity contribution in [2.75, 3.05) is 20.7 Å². The predicted molar refractivity (Wildman–Crippen MR) is 98.7 cm³/mol. The number of ether oxygens (including phenoxy) is 1. The van der Waals surface area contributed by atoms with Crippen LogP contribution in [0.3, 0.4) is 0 Å². The van der Waals surface area contributed by atoms with E-state index in [1.54, 1.807) is 11.4 Å². The summed E-state index contributed by atoms with van der Waals surface area (Å²) in [6, 6.07) is 13.4. The van der Waals surface area contributed by atoms with Gasteiger partial charge in [0, 0.05) is 19.2 Å². The normalized spacial score (nSPS) is 17.8. The minimum atomic E-state index is -3.63. The highest BCUT2D eigenvalue weighted by Crippen LogP contribution is 2.37. The second-order valence-corrected chi connectivity index (χ2v) is 8.04. The number of hydrogen-bond donors (Lipinski definition) is 1. The fourth-order valence-electron chi connectivity index (χ4n) is 3.24. The smallest absolute Gasteiger partial charge is 0.251 e. The lowest BCUT2D eigenvalue weighted by molar-refractivity contribution is 0.0963. The molecule has 1 aliphatic rings. The number of carbonyl (C=O) groups is 1. The molecule has 2 aromatic carbocycles. The maximum Gasteiger partial charge on any atom is 0.251 e. The van der Waals surface area contributed by atoms with Crippen LogP contribution in [0.4, 0.5) is 0 Å². The highest BCUT2D eigenvalue weighted by atomic mass is 32.2. The molecule has 2 aromatic rings. The minimum Gasteiger partial charge on any atom is -0.497 e. The molecular formula is C19H22N2O4S. The maximum absolute atomic E-state index is 13.1. The minimum absolute atomic E-state index is 0.190. The summed E-state index contributed by atoms with van der Waals surface area (Å²) < 4.78 is 32.9. The number of methoxy groups -OCH3 is 1. The van der Waals surface area contributed by atoms with E-state index >= 15 is 0 Å². The number of nitrogens with zero attached hydrogens (tertiary/aromatic N) is 1. The van der Waals surface area contributed by atoms with Gasteiger partial charge in [0.15, 0.2) is 0 Å². The summed E-state index contributed by atoms with van der Waals surface area (Å²) in [6.45, 7) is 0.482. The van der Waals surface area contributed by atoms with Crippen LogP contribution in [-0.4, -0.2) is 39.3 Å². The van der Waals surface area contributed by atoms with Crippen LogP contribution in [0, 0.1) is 0 Å². The third-order valence-corrected chi connectivity index (χ3v) is 6.58. The van der Waals surface area contributed by atoms with Gasteiger partial charge in [-0.25, -0.2) is 8.42 Å². The third-order valence-electron chi connectivity index (χ3n) is 4.65. The SMILES string of the molecule is CNC(=O)c1ccc(S(=O)(=O)N2CCC[C@H]2c2ccc(OC)cc2)cc1. The average molecular weight is 374 g/mol. The van der Waals surface area contributed by atoms with Crippen LogP contribution in [0.5, 0.6) is 5.75 Å². The standard InChI is InChI=1S/C19H22N2O4S/c1-20-19(22)15-7-11-17(12-8-15)26(23,24)21-13-3-4-18(21)14-5-9-16(25-2)10-6-14/h5-12,18H,3-4,13H2,1-2H3,(H,20,22)/t18-/m0/s1. The summed E-state index contributed by atoms with van der Waals surface area (Å²) in [5.41, 5.74) is 1.38. The Hall–Kier alpha value is -2.38. The van der Waals surface area contributed by atoms with Gasteiger partial charge in [0.2, 0.25) is 10.0 Å². The van der Waals surface area contributed by atoms with Gasteiger partial charge >= 0.3 is 0 Å². The summed E-state index contributed by atoms with van der Waals surface area (Å²) in [7, 11) is -0.491. The van der Waals surface area contributed by atoms with E-state index < -0.39 is 10.0 Å². The lowest BCUT2D eigenvalue weighted by Gasteiger charge is -2.24. The van der Waals surface area contributed by atoms with Crippen LogP contribution in [0.25, 0.3) is 0 Å². The highest BCUT2D eigenvalue weighted by molar-refractivity contribution is 7.89. The summed E-state index contributed by atoms with van der Waals surface area (Å²) >= 11 is 0. The average Bonchev–Trinajstić information content (AvgIpc) is 3.18. The summed E-state index contributed by atoms with van der Waals surface area (Å²) in [4.78, 5) is 11.8. The number of hydrogen-bond acceptors (Lipinski definition) is 4. The molecule has 0 spiro atoms. The Labute approximate surface area is 153 Å². The lowest BCUT2D eigenvalue weighted by atomic mass is 10.1. The van der Waals surface area contributed by atoms with E-state index in [2.05, 4.69) is 5.32 Å². The Morgan fingerprint density at radius 1 is 1.12 bits per heavy atom. The first kappa shape index (κ1) is 18.4. The van der Waals surface area contributed by atoms with Crippen LogP contribution in [0.1, 0.15) is 34.8 Å². The van der Waals surface area contributed by atoms with Crippen LogP contribution < -0.4 is 10.1 Å². The molecule has 26 heavy (non-hydrogen) atoms. The van der Waals surface area contributed by atoms with Gasteiger partial charge in [0.1, 0.15) is 5.75 Å². The lowest BCUT2D eigenvalue weighted by Crippen LogP contribution is -2.30. The number of rotatable bonds is 5. The van der Waals surface area contributed by atoms with Crippen LogP contribution in [0.15, 0.2) is 53.4 Å². The number of sulfonamides is 1. The van der Waals surface area contributed by atoms with Crippen molar-refractivity contribution in [2.24, 2.45) is 0 Å². The molecule has 3 rings (SSSR count). The topological polar surface area (TPSA) is 75.7 Å². The van der Waals surface area contributed by atoms with E-state index in [0.29, 0.717) is 12.1 Å². The molecule has 1 fully saturated rings. The molecule has 1 saturated heterocycles. The van der Waals surface area contributed by atoms with Gasteiger partial charge in [-0.3, -0.25) is 4.79 Å². The second kappa shape index (κ2) is 7.47. The zero-order chi connectivity index (χ0) is 18.7. The largest absolute Gasteiger partial charge is 0.497 e. The first-order valence-electron chi connectivity index (χ1n) is 8.45. The number of benzene rings is 2. The molecule has 0 unspecified atom stereocenters.